The molecule has 0 aromatic rings. The molecule has 0 aromatic carbocycles. The summed E-state index contributed by atoms with van der Waals surface area (Å²) in [6.07, 6.45) is 2.20. The maximum absolute atomic E-state index is 12.0. The van der Waals surface area contributed by atoms with Crippen molar-refractivity contribution in [2.75, 3.05) is 13.7 Å². The predicted molar refractivity (Wildman–Crippen MR) is 68.9 cm³/mol. The molecule has 1 rings (SSSR count). The number of nitrogens with one attached hydrogen (secondary N) is 1. The summed E-state index contributed by atoms with van der Waals surface area (Å²) in [6.45, 7) is 4.70. The second-order valence-electron chi connectivity index (χ2n) is 5.11. The molecule has 1 heterocycles. The number of carbonyl (C=O) groups is 2. The van der Waals surface area contributed by atoms with Crippen LogP contribution in [0.15, 0.2) is 0 Å². The van der Waals surface area contributed by atoms with Gasteiger partial charge in [0.25, 0.3) is 0 Å². The molecule has 1 amide bonds. The number of esters is 1. The van der Waals surface area contributed by atoms with Crippen molar-refractivity contribution in [2.45, 2.75) is 45.2 Å². The predicted octanol–water partition coefficient (Wildman–Crippen LogP) is 0.238. The second-order valence-corrected chi connectivity index (χ2v) is 5.11. The Morgan fingerprint density at radius 1 is 1.50 bits per heavy atom. The zero-order chi connectivity index (χ0) is 13.7. The fourth-order valence-electron chi connectivity index (χ4n) is 2.17. The molecule has 1 aliphatic rings. The fraction of sp³-hybridized carbons (Fsp3) is 0.833. The smallest absolute Gasteiger partial charge is 0.328 e. The number of hydrogen-bond acceptors (Lipinski definition) is 4. The van der Waals surface area contributed by atoms with Crippen molar-refractivity contribution in [3.05, 3.63) is 0 Å². The standard InChI is InChI=1S/C12H21BN2O3/c1-8(2)7-9(12(17)18-3)14-11(16)10-5-4-6-15(10)13/h8-10H,4-7H2,1-3H3,(H,14,16). The topological polar surface area (TPSA) is 58.6 Å². The normalized spacial score (nSPS) is 21.9. The van der Waals surface area contributed by atoms with Crippen molar-refractivity contribution in [3.63, 3.8) is 0 Å². The molecule has 5 nitrogen and oxygen atoms in total. The molecule has 100 valence electrons. The van der Waals surface area contributed by atoms with E-state index in [0.29, 0.717) is 18.9 Å². The second kappa shape index (κ2) is 6.78. The van der Waals surface area contributed by atoms with Crippen molar-refractivity contribution in [2.24, 2.45) is 5.92 Å². The molecule has 0 saturated carbocycles. The third kappa shape index (κ3) is 4.01. The maximum atomic E-state index is 12.0. The first-order chi connectivity index (χ1) is 8.45. The fourth-order valence-corrected chi connectivity index (χ4v) is 2.17. The lowest BCUT2D eigenvalue weighted by molar-refractivity contribution is -0.146. The van der Waals surface area contributed by atoms with E-state index < -0.39 is 12.0 Å². The lowest BCUT2D eigenvalue weighted by Crippen LogP contribution is -2.49. The Morgan fingerprint density at radius 3 is 2.61 bits per heavy atom. The number of rotatable bonds is 5. The van der Waals surface area contributed by atoms with Gasteiger partial charge >= 0.3 is 5.97 Å². The summed E-state index contributed by atoms with van der Waals surface area (Å²) >= 11 is 0. The molecule has 2 atom stereocenters. The van der Waals surface area contributed by atoms with Crippen molar-refractivity contribution >= 4 is 19.9 Å². The van der Waals surface area contributed by atoms with Crippen molar-refractivity contribution in [3.8, 4) is 0 Å². The Morgan fingerprint density at radius 2 is 2.17 bits per heavy atom. The molecule has 2 radical (unpaired) electrons. The number of nitrogens with zero attached hydrogens (tertiary/aromatic N) is 1. The molecule has 18 heavy (non-hydrogen) atoms. The van der Waals surface area contributed by atoms with Crippen LogP contribution in [0.2, 0.25) is 0 Å². The van der Waals surface area contributed by atoms with Gasteiger partial charge in [0.05, 0.1) is 13.2 Å². The average Bonchev–Trinajstić information content (AvgIpc) is 2.73. The first-order valence-electron chi connectivity index (χ1n) is 6.35. The maximum Gasteiger partial charge on any atom is 0.328 e. The highest BCUT2D eigenvalue weighted by molar-refractivity contribution is 6.07. The quantitative estimate of drug-likeness (QED) is 0.562. The zero-order valence-corrected chi connectivity index (χ0v) is 11.3. The lowest BCUT2D eigenvalue weighted by atomic mass is 10.0. The van der Waals surface area contributed by atoms with Crippen LogP contribution in [0.4, 0.5) is 0 Å². The summed E-state index contributed by atoms with van der Waals surface area (Å²) in [6, 6.07) is -0.916. The number of hydrogen-bond donors (Lipinski definition) is 1. The number of carbonyl (C=O) groups excluding carboxylic acids is 2. The molecule has 1 N–H and O–H groups in total. The summed E-state index contributed by atoms with van der Waals surface area (Å²) < 4.78 is 4.71. The van der Waals surface area contributed by atoms with E-state index in [2.05, 4.69) is 5.32 Å². The largest absolute Gasteiger partial charge is 0.467 e. The highest BCUT2D eigenvalue weighted by Gasteiger charge is 2.31. The Labute approximate surface area is 110 Å². The summed E-state index contributed by atoms with van der Waals surface area (Å²) in [5.74, 6) is -0.295. The average molecular weight is 252 g/mol. The molecule has 0 spiro atoms. The Kier molecular flexibility index (Phi) is 5.66. The van der Waals surface area contributed by atoms with Gasteiger partial charge in [-0.2, -0.15) is 0 Å². The highest BCUT2D eigenvalue weighted by Crippen LogP contribution is 2.15. The molecule has 0 aliphatic carbocycles. The van der Waals surface area contributed by atoms with Gasteiger partial charge in [0.1, 0.15) is 6.04 Å². The molecule has 1 saturated heterocycles. The first-order valence-corrected chi connectivity index (χ1v) is 6.35. The summed E-state index contributed by atoms with van der Waals surface area (Å²) in [4.78, 5) is 25.2. The third-order valence-corrected chi connectivity index (χ3v) is 3.11. The SMILES string of the molecule is [B]N1CCCC1C(=O)NC(CC(C)C)C(=O)OC. The van der Waals surface area contributed by atoms with Crippen LogP contribution < -0.4 is 5.32 Å². The highest BCUT2D eigenvalue weighted by atomic mass is 16.5. The van der Waals surface area contributed by atoms with Crippen molar-refractivity contribution in [1.82, 2.24) is 10.1 Å². The summed E-state index contributed by atoms with van der Waals surface area (Å²) in [5.41, 5.74) is 0. The van der Waals surface area contributed by atoms with Crippen LogP contribution in [0, 0.1) is 5.92 Å². The Bertz CT molecular complexity index is 310. The Balaban J connectivity index is 2.59. The van der Waals surface area contributed by atoms with E-state index in [0.717, 1.165) is 12.8 Å². The van der Waals surface area contributed by atoms with Crippen LogP contribution in [0.1, 0.15) is 33.1 Å². The van der Waals surface area contributed by atoms with Gasteiger partial charge in [-0.15, -0.1) is 0 Å². The molecule has 6 heteroatoms. The van der Waals surface area contributed by atoms with E-state index in [1.807, 2.05) is 13.8 Å². The number of methoxy groups -OCH3 is 1. The van der Waals surface area contributed by atoms with Gasteiger partial charge in [0.15, 0.2) is 7.98 Å². The van der Waals surface area contributed by atoms with E-state index in [1.165, 1.54) is 11.9 Å². The molecule has 1 aliphatic heterocycles. The van der Waals surface area contributed by atoms with Crippen LogP contribution in [-0.4, -0.2) is 50.4 Å². The van der Waals surface area contributed by atoms with Gasteiger partial charge < -0.3 is 14.9 Å². The van der Waals surface area contributed by atoms with Crippen LogP contribution >= 0.6 is 0 Å². The van der Waals surface area contributed by atoms with Crippen LogP contribution in [0.3, 0.4) is 0 Å². The minimum atomic E-state index is -0.587. The minimum absolute atomic E-state index is 0.189. The van der Waals surface area contributed by atoms with Crippen LogP contribution in [0.25, 0.3) is 0 Å². The zero-order valence-electron chi connectivity index (χ0n) is 11.3. The molecular formula is C12H21BN2O3. The van der Waals surface area contributed by atoms with Crippen LogP contribution in [0.5, 0.6) is 0 Å². The molecule has 2 unspecified atom stereocenters. The van der Waals surface area contributed by atoms with Gasteiger partial charge in [0, 0.05) is 0 Å². The third-order valence-electron chi connectivity index (χ3n) is 3.11. The molecule has 1 fully saturated rings. The first kappa shape index (κ1) is 15.0. The van der Waals surface area contributed by atoms with E-state index in [9.17, 15) is 9.59 Å². The van der Waals surface area contributed by atoms with Gasteiger partial charge in [-0.05, 0) is 31.7 Å². The monoisotopic (exact) mass is 252 g/mol. The van der Waals surface area contributed by atoms with E-state index in [-0.39, 0.29) is 11.9 Å². The van der Waals surface area contributed by atoms with Gasteiger partial charge in [-0.25, -0.2) is 4.79 Å². The van der Waals surface area contributed by atoms with Crippen molar-refractivity contribution < 1.29 is 14.3 Å². The van der Waals surface area contributed by atoms with Gasteiger partial charge in [-0.1, -0.05) is 13.8 Å². The van der Waals surface area contributed by atoms with E-state index in [1.54, 1.807) is 0 Å². The van der Waals surface area contributed by atoms with E-state index in [4.69, 9.17) is 12.7 Å². The van der Waals surface area contributed by atoms with Gasteiger partial charge in [0.2, 0.25) is 5.91 Å². The van der Waals surface area contributed by atoms with Crippen molar-refractivity contribution in [1.29, 1.82) is 0 Å². The minimum Gasteiger partial charge on any atom is -0.467 e. The molecular weight excluding hydrogens is 231 g/mol. The number of amides is 1. The Hall–Kier alpha value is -1.04. The van der Waals surface area contributed by atoms with Gasteiger partial charge in [-0.3, -0.25) is 4.79 Å². The van der Waals surface area contributed by atoms with E-state index >= 15 is 0 Å². The molecule has 0 aromatic heterocycles. The summed E-state index contributed by atoms with van der Waals surface area (Å²) in [7, 11) is 7.05. The lowest BCUT2D eigenvalue weighted by Gasteiger charge is -2.23. The number of ether oxygens (including phenoxy) is 1. The molecule has 0 bridgehead atoms. The van der Waals surface area contributed by atoms with Crippen LogP contribution in [-0.2, 0) is 14.3 Å². The summed E-state index contributed by atoms with van der Waals surface area (Å²) in [5, 5.41) is 2.74.